The zero-order valence-electron chi connectivity index (χ0n) is 19.9. The lowest BCUT2D eigenvalue weighted by atomic mass is 9.77. The summed E-state index contributed by atoms with van der Waals surface area (Å²) in [5.74, 6) is -1.26. The van der Waals surface area contributed by atoms with E-state index in [9.17, 15) is 22.0 Å². The van der Waals surface area contributed by atoms with E-state index in [4.69, 9.17) is 4.74 Å². The van der Waals surface area contributed by atoms with Crippen LogP contribution < -0.4 is 4.74 Å². The topological polar surface area (TPSA) is 9.23 Å². The van der Waals surface area contributed by atoms with Gasteiger partial charge in [0.2, 0.25) is 5.82 Å². The minimum atomic E-state index is -4.49. The first-order chi connectivity index (χ1) is 16.7. The van der Waals surface area contributed by atoms with Crippen LogP contribution in [0.3, 0.4) is 0 Å². The fourth-order valence-corrected chi connectivity index (χ4v) is 5.07. The molecule has 0 N–H and O–H groups in total. The molecule has 0 aliphatic heterocycles. The van der Waals surface area contributed by atoms with Gasteiger partial charge in [-0.05, 0) is 91.5 Å². The summed E-state index contributed by atoms with van der Waals surface area (Å²) in [5.41, 5.74) is 1.98. The Balaban J connectivity index is 1.56. The second kappa shape index (κ2) is 10.4. The first kappa shape index (κ1) is 25.2. The molecule has 1 nitrogen and oxygen atoms in total. The highest BCUT2D eigenvalue weighted by Crippen LogP contribution is 2.40. The SMILES string of the molecule is CCC[C@H]1CC[C@H](c2ccc(-c3cc(F)c(F)c(Oc4ccc(C(F)(F)F)cc4)c3C)cc2)CC1. The summed E-state index contributed by atoms with van der Waals surface area (Å²) in [5, 5.41) is 0. The van der Waals surface area contributed by atoms with Crippen molar-refractivity contribution in [3.63, 3.8) is 0 Å². The van der Waals surface area contributed by atoms with Crippen LogP contribution in [-0.2, 0) is 6.18 Å². The number of hydrogen-bond donors (Lipinski definition) is 0. The average molecular weight is 489 g/mol. The van der Waals surface area contributed by atoms with Crippen molar-refractivity contribution >= 4 is 0 Å². The lowest BCUT2D eigenvalue weighted by Gasteiger charge is -2.28. The average Bonchev–Trinajstić information content (AvgIpc) is 2.85. The molecule has 0 bridgehead atoms. The molecular weight excluding hydrogens is 459 g/mol. The maximum Gasteiger partial charge on any atom is 0.416 e. The molecule has 1 fully saturated rings. The second-order valence-electron chi connectivity index (χ2n) is 9.43. The Bertz CT molecular complexity index is 1140. The Labute approximate surface area is 202 Å². The highest BCUT2D eigenvalue weighted by molar-refractivity contribution is 5.70. The predicted molar refractivity (Wildman–Crippen MR) is 128 cm³/mol. The molecule has 3 aromatic carbocycles. The third kappa shape index (κ3) is 5.68. The largest absolute Gasteiger partial charge is 0.454 e. The van der Waals surface area contributed by atoms with Crippen LogP contribution in [0.4, 0.5) is 22.0 Å². The maximum absolute atomic E-state index is 14.6. The van der Waals surface area contributed by atoms with E-state index in [2.05, 4.69) is 19.1 Å². The normalized spacial score (nSPS) is 18.5. The number of alkyl halides is 3. The van der Waals surface area contributed by atoms with Gasteiger partial charge in [-0.1, -0.05) is 44.0 Å². The van der Waals surface area contributed by atoms with Gasteiger partial charge in [-0.25, -0.2) is 4.39 Å². The van der Waals surface area contributed by atoms with E-state index in [1.807, 2.05) is 12.1 Å². The zero-order valence-corrected chi connectivity index (χ0v) is 19.9. The van der Waals surface area contributed by atoms with Gasteiger partial charge >= 0.3 is 6.18 Å². The van der Waals surface area contributed by atoms with E-state index in [-0.39, 0.29) is 11.5 Å². The molecule has 1 aliphatic rings. The van der Waals surface area contributed by atoms with Gasteiger partial charge in [-0.15, -0.1) is 0 Å². The second-order valence-corrected chi connectivity index (χ2v) is 9.43. The Morgan fingerprint density at radius 1 is 0.886 bits per heavy atom. The van der Waals surface area contributed by atoms with Crippen LogP contribution in [0.25, 0.3) is 11.1 Å². The first-order valence-electron chi connectivity index (χ1n) is 12.1. The Morgan fingerprint density at radius 2 is 1.51 bits per heavy atom. The molecule has 0 atom stereocenters. The lowest BCUT2D eigenvalue weighted by molar-refractivity contribution is -0.137. The number of hydrogen-bond acceptors (Lipinski definition) is 1. The van der Waals surface area contributed by atoms with Crippen LogP contribution in [0.15, 0.2) is 54.6 Å². The molecule has 0 saturated heterocycles. The molecular formula is C29H29F5O. The summed E-state index contributed by atoms with van der Waals surface area (Å²) in [7, 11) is 0. The van der Waals surface area contributed by atoms with E-state index in [1.54, 1.807) is 6.92 Å². The number of halogens is 5. The van der Waals surface area contributed by atoms with E-state index in [0.29, 0.717) is 17.0 Å². The van der Waals surface area contributed by atoms with Crippen molar-refractivity contribution in [2.45, 2.75) is 64.5 Å². The number of benzene rings is 3. The minimum Gasteiger partial charge on any atom is -0.454 e. The smallest absolute Gasteiger partial charge is 0.416 e. The Morgan fingerprint density at radius 3 is 2.09 bits per heavy atom. The molecule has 0 radical (unpaired) electrons. The van der Waals surface area contributed by atoms with Gasteiger partial charge in [0.1, 0.15) is 5.75 Å². The predicted octanol–water partition coefficient (Wildman–Crippen LogP) is 9.83. The van der Waals surface area contributed by atoms with E-state index >= 15 is 0 Å². The number of ether oxygens (including phenoxy) is 1. The Hall–Kier alpha value is -2.89. The van der Waals surface area contributed by atoms with Crippen molar-refractivity contribution in [1.29, 1.82) is 0 Å². The van der Waals surface area contributed by atoms with Crippen LogP contribution in [0.1, 0.15) is 68.1 Å². The molecule has 0 spiro atoms. The molecule has 35 heavy (non-hydrogen) atoms. The maximum atomic E-state index is 14.6. The highest BCUT2D eigenvalue weighted by atomic mass is 19.4. The standard InChI is InChI=1S/C29H29F5O/c1-3-4-19-5-7-20(8-6-19)21-9-11-22(12-10-21)25-17-26(30)27(31)28(18(25)2)35-24-15-13-23(14-16-24)29(32,33)34/h9-17,19-20H,3-8H2,1-2H3/t19-,20-. The molecule has 0 amide bonds. The highest BCUT2D eigenvalue weighted by Gasteiger charge is 2.30. The van der Waals surface area contributed by atoms with Gasteiger partial charge in [0.05, 0.1) is 5.56 Å². The summed E-state index contributed by atoms with van der Waals surface area (Å²) in [6, 6.07) is 12.9. The molecule has 4 rings (SSSR count). The quantitative estimate of drug-likeness (QED) is 0.314. The zero-order chi connectivity index (χ0) is 25.2. The van der Waals surface area contributed by atoms with Crippen LogP contribution in [0.2, 0.25) is 0 Å². The third-order valence-corrected chi connectivity index (χ3v) is 7.06. The van der Waals surface area contributed by atoms with Crippen molar-refractivity contribution in [3.05, 3.63) is 82.9 Å². The lowest BCUT2D eigenvalue weighted by Crippen LogP contribution is -2.13. The summed E-state index contributed by atoms with van der Waals surface area (Å²) in [6.45, 7) is 3.84. The molecule has 3 aromatic rings. The molecule has 0 heterocycles. The van der Waals surface area contributed by atoms with Crippen molar-refractivity contribution < 1.29 is 26.7 Å². The minimum absolute atomic E-state index is 0.00873. The van der Waals surface area contributed by atoms with Crippen molar-refractivity contribution in [1.82, 2.24) is 0 Å². The van der Waals surface area contributed by atoms with Gasteiger partial charge < -0.3 is 4.74 Å². The van der Waals surface area contributed by atoms with E-state index < -0.39 is 23.4 Å². The molecule has 1 aliphatic carbocycles. The van der Waals surface area contributed by atoms with Crippen molar-refractivity contribution in [3.8, 4) is 22.6 Å². The fraction of sp³-hybridized carbons (Fsp3) is 0.379. The fourth-order valence-electron chi connectivity index (χ4n) is 5.07. The third-order valence-electron chi connectivity index (χ3n) is 7.06. The molecule has 0 unspecified atom stereocenters. The van der Waals surface area contributed by atoms with Gasteiger partial charge in [0.15, 0.2) is 11.6 Å². The summed E-state index contributed by atoms with van der Waals surface area (Å²) in [4.78, 5) is 0. The van der Waals surface area contributed by atoms with Gasteiger partial charge in [0, 0.05) is 5.56 Å². The summed E-state index contributed by atoms with van der Waals surface area (Å²) >= 11 is 0. The van der Waals surface area contributed by atoms with Crippen molar-refractivity contribution in [2.24, 2.45) is 5.92 Å². The van der Waals surface area contributed by atoms with Gasteiger partial charge in [-0.3, -0.25) is 0 Å². The van der Waals surface area contributed by atoms with Gasteiger partial charge in [0.25, 0.3) is 0 Å². The molecule has 1 saturated carbocycles. The summed E-state index contributed by atoms with van der Waals surface area (Å²) in [6.07, 6.45) is 2.84. The van der Waals surface area contributed by atoms with Gasteiger partial charge in [-0.2, -0.15) is 17.6 Å². The monoisotopic (exact) mass is 488 g/mol. The summed E-state index contributed by atoms with van der Waals surface area (Å²) < 4.78 is 73.1. The van der Waals surface area contributed by atoms with E-state index in [0.717, 1.165) is 41.8 Å². The number of rotatable bonds is 6. The van der Waals surface area contributed by atoms with Crippen LogP contribution >= 0.6 is 0 Å². The molecule has 186 valence electrons. The van der Waals surface area contributed by atoms with Crippen LogP contribution in [0, 0.1) is 24.5 Å². The Kier molecular flexibility index (Phi) is 7.48. The molecule has 0 aromatic heterocycles. The first-order valence-corrected chi connectivity index (χ1v) is 12.1. The van der Waals surface area contributed by atoms with Crippen LogP contribution in [-0.4, -0.2) is 0 Å². The van der Waals surface area contributed by atoms with E-state index in [1.165, 1.54) is 44.1 Å². The van der Waals surface area contributed by atoms with Crippen LogP contribution in [0.5, 0.6) is 11.5 Å². The molecule has 6 heteroatoms. The van der Waals surface area contributed by atoms with Crippen molar-refractivity contribution in [2.75, 3.05) is 0 Å².